The van der Waals surface area contributed by atoms with Crippen LogP contribution in [0.25, 0.3) is 0 Å². The van der Waals surface area contributed by atoms with E-state index in [-0.39, 0.29) is 11.9 Å². The van der Waals surface area contributed by atoms with Crippen molar-refractivity contribution in [3.05, 3.63) is 34.6 Å². The molecule has 0 aromatic heterocycles. The third-order valence-corrected chi connectivity index (χ3v) is 6.54. The van der Waals surface area contributed by atoms with Crippen LogP contribution in [0, 0.1) is 35.4 Å². The normalized spacial score (nSPS) is 38.7. The molecule has 114 valence electrons. The van der Waals surface area contributed by atoms with E-state index in [1.54, 1.807) is 6.07 Å². The number of aliphatic hydroxyl groups excluding tert-OH is 1. The molecule has 1 N–H and O–H groups in total. The van der Waals surface area contributed by atoms with Gasteiger partial charge in [0.05, 0.1) is 6.10 Å². The summed E-state index contributed by atoms with van der Waals surface area (Å²) >= 11 is 6.11. The van der Waals surface area contributed by atoms with Gasteiger partial charge in [0.25, 0.3) is 0 Å². The summed E-state index contributed by atoms with van der Waals surface area (Å²) in [7, 11) is 0. The Morgan fingerprint density at radius 2 is 1.71 bits per heavy atom. The molecule has 5 rings (SSSR count). The zero-order valence-electron chi connectivity index (χ0n) is 12.1. The van der Waals surface area contributed by atoms with Gasteiger partial charge < -0.3 is 5.11 Å². The summed E-state index contributed by atoms with van der Waals surface area (Å²) in [6.45, 7) is 0. The van der Waals surface area contributed by atoms with Gasteiger partial charge in [-0.1, -0.05) is 17.7 Å². The van der Waals surface area contributed by atoms with Crippen molar-refractivity contribution in [2.45, 2.75) is 44.6 Å². The van der Waals surface area contributed by atoms with Gasteiger partial charge in [0.1, 0.15) is 5.82 Å². The number of hydrogen-bond acceptors (Lipinski definition) is 1. The van der Waals surface area contributed by atoms with Gasteiger partial charge in [0, 0.05) is 11.4 Å². The van der Waals surface area contributed by atoms with E-state index in [2.05, 4.69) is 0 Å². The maximum Gasteiger partial charge on any atom is 0.124 e. The van der Waals surface area contributed by atoms with Crippen molar-refractivity contribution in [2.75, 3.05) is 0 Å². The van der Waals surface area contributed by atoms with Crippen molar-refractivity contribution in [1.82, 2.24) is 0 Å². The maximum absolute atomic E-state index is 13.1. The molecular formula is C18H22ClFO. The van der Waals surface area contributed by atoms with E-state index in [0.717, 1.165) is 17.4 Å². The topological polar surface area (TPSA) is 20.2 Å². The predicted octanol–water partition coefficient (Wildman–Crippen LogP) is 4.45. The average Bonchev–Trinajstić information content (AvgIpc) is 2.40. The monoisotopic (exact) mass is 308 g/mol. The molecule has 0 radical (unpaired) electrons. The molecule has 4 saturated carbocycles. The van der Waals surface area contributed by atoms with Crippen LogP contribution in [0.2, 0.25) is 5.02 Å². The second kappa shape index (κ2) is 5.24. The Bertz CT molecular complexity index is 516. The largest absolute Gasteiger partial charge is 0.392 e. The molecule has 4 aliphatic rings. The molecule has 0 amide bonds. The van der Waals surface area contributed by atoms with Crippen LogP contribution in [-0.2, 0) is 6.42 Å². The van der Waals surface area contributed by atoms with Crippen molar-refractivity contribution >= 4 is 11.6 Å². The van der Waals surface area contributed by atoms with Crippen molar-refractivity contribution in [3.63, 3.8) is 0 Å². The summed E-state index contributed by atoms with van der Waals surface area (Å²) in [6.07, 6.45) is 6.91. The predicted molar refractivity (Wildman–Crippen MR) is 81.7 cm³/mol. The minimum atomic E-state index is -0.331. The molecule has 0 aliphatic heterocycles. The number of rotatable bonds is 3. The average molecular weight is 309 g/mol. The molecular weight excluding hydrogens is 287 g/mol. The summed E-state index contributed by atoms with van der Waals surface area (Å²) in [6, 6.07) is 4.50. The Morgan fingerprint density at radius 1 is 1.10 bits per heavy atom. The first-order chi connectivity index (χ1) is 10.1. The molecule has 1 aromatic carbocycles. The molecule has 3 heteroatoms. The molecule has 1 atom stereocenters. The molecule has 0 spiro atoms. The van der Waals surface area contributed by atoms with Crippen LogP contribution in [-0.4, -0.2) is 11.2 Å². The van der Waals surface area contributed by atoms with Gasteiger partial charge >= 0.3 is 0 Å². The molecule has 1 aromatic rings. The first-order valence-electron chi connectivity index (χ1n) is 8.22. The zero-order valence-corrected chi connectivity index (χ0v) is 12.9. The van der Waals surface area contributed by atoms with E-state index < -0.39 is 0 Å². The Balaban J connectivity index is 1.51. The lowest BCUT2D eigenvalue weighted by molar-refractivity contribution is -0.0887. The molecule has 4 bridgehead atoms. The number of halogens is 2. The third-order valence-electron chi connectivity index (χ3n) is 6.19. The van der Waals surface area contributed by atoms with Crippen LogP contribution >= 0.6 is 11.6 Å². The molecule has 0 saturated heterocycles. The minimum Gasteiger partial charge on any atom is -0.392 e. The van der Waals surface area contributed by atoms with Gasteiger partial charge in [-0.05, 0) is 79.4 Å². The van der Waals surface area contributed by atoms with E-state index in [9.17, 15) is 9.50 Å². The summed E-state index contributed by atoms with van der Waals surface area (Å²) < 4.78 is 13.1. The van der Waals surface area contributed by atoms with Crippen LogP contribution in [0.15, 0.2) is 18.2 Å². The molecule has 4 fully saturated rings. The van der Waals surface area contributed by atoms with Gasteiger partial charge in [-0.15, -0.1) is 0 Å². The molecule has 4 aliphatic carbocycles. The van der Waals surface area contributed by atoms with E-state index >= 15 is 0 Å². The fourth-order valence-corrected chi connectivity index (χ4v) is 5.89. The molecule has 21 heavy (non-hydrogen) atoms. The minimum absolute atomic E-state index is 0.312. The molecule has 1 unspecified atom stereocenters. The van der Waals surface area contributed by atoms with Gasteiger partial charge in [-0.25, -0.2) is 4.39 Å². The van der Waals surface area contributed by atoms with Gasteiger partial charge in [-0.2, -0.15) is 0 Å². The fraction of sp³-hybridized carbons (Fsp3) is 0.667. The van der Waals surface area contributed by atoms with E-state index in [4.69, 9.17) is 11.6 Å². The van der Waals surface area contributed by atoms with Crippen molar-refractivity contribution in [3.8, 4) is 0 Å². The summed E-state index contributed by atoms with van der Waals surface area (Å²) in [5, 5.41) is 11.2. The first kappa shape index (κ1) is 14.0. The quantitative estimate of drug-likeness (QED) is 0.874. The van der Waals surface area contributed by atoms with Gasteiger partial charge in [0.15, 0.2) is 0 Å². The van der Waals surface area contributed by atoms with Crippen LogP contribution < -0.4 is 0 Å². The number of benzene rings is 1. The standard InChI is InChI=1S/C18H22ClFO/c19-16-9-15(20)2-1-12(16)8-17(21)18-13-4-10-3-11(6-13)7-14(18)5-10/h1-2,9-11,13-14,17-18,21H,3-8H2. The maximum atomic E-state index is 13.1. The van der Waals surface area contributed by atoms with E-state index in [1.165, 1.54) is 44.2 Å². The van der Waals surface area contributed by atoms with Crippen molar-refractivity contribution < 1.29 is 9.50 Å². The molecule has 1 nitrogen and oxygen atoms in total. The van der Waals surface area contributed by atoms with Crippen molar-refractivity contribution in [2.24, 2.45) is 29.6 Å². The lowest BCUT2D eigenvalue weighted by Gasteiger charge is -2.55. The second-order valence-electron chi connectivity index (χ2n) is 7.52. The van der Waals surface area contributed by atoms with Crippen LogP contribution in [0.1, 0.15) is 37.7 Å². The Labute approximate surface area is 130 Å². The summed E-state index contributed by atoms with van der Waals surface area (Å²) in [5.74, 6) is 3.37. The highest BCUT2D eigenvalue weighted by molar-refractivity contribution is 6.31. The smallest absolute Gasteiger partial charge is 0.124 e. The first-order valence-corrected chi connectivity index (χ1v) is 8.60. The van der Waals surface area contributed by atoms with Gasteiger partial charge in [0.2, 0.25) is 0 Å². The highest BCUT2D eigenvalue weighted by atomic mass is 35.5. The fourth-order valence-electron chi connectivity index (χ4n) is 5.64. The second-order valence-corrected chi connectivity index (χ2v) is 7.92. The third kappa shape index (κ3) is 2.51. The SMILES string of the molecule is OC(Cc1ccc(F)cc1Cl)C1C2CC3CC(C2)CC1C3. The van der Waals surface area contributed by atoms with Gasteiger partial charge in [-0.3, -0.25) is 0 Å². The Kier molecular flexibility index (Phi) is 3.50. The summed E-state index contributed by atoms with van der Waals surface area (Å²) in [4.78, 5) is 0. The number of aliphatic hydroxyl groups is 1. The highest BCUT2D eigenvalue weighted by Crippen LogP contribution is 2.57. The van der Waals surface area contributed by atoms with Crippen LogP contribution in [0.3, 0.4) is 0 Å². The summed E-state index contributed by atoms with van der Waals surface area (Å²) in [5.41, 5.74) is 0.874. The van der Waals surface area contributed by atoms with Crippen LogP contribution in [0.5, 0.6) is 0 Å². The van der Waals surface area contributed by atoms with E-state index in [1.807, 2.05) is 0 Å². The number of hydrogen-bond donors (Lipinski definition) is 1. The lowest BCUT2D eigenvalue weighted by atomic mass is 9.50. The van der Waals surface area contributed by atoms with Crippen molar-refractivity contribution in [1.29, 1.82) is 0 Å². The van der Waals surface area contributed by atoms with E-state index in [0.29, 0.717) is 29.2 Å². The zero-order chi connectivity index (χ0) is 14.6. The lowest BCUT2D eigenvalue weighted by Crippen LogP contribution is -2.49. The van der Waals surface area contributed by atoms with Crippen LogP contribution in [0.4, 0.5) is 4.39 Å². The highest BCUT2D eigenvalue weighted by Gasteiger charge is 2.50. The Hall–Kier alpha value is -0.600. The Morgan fingerprint density at radius 3 is 2.29 bits per heavy atom. The molecule has 0 heterocycles.